The number of hydrogen-bond acceptors (Lipinski definition) is 3. The zero-order valence-corrected chi connectivity index (χ0v) is 12.9. The summed E-state index contributed by atoms with van der Waals surface area (Å²) < 4.78 is 0. The minimum absolute atomic E-state index is 0.282. The SMILES string of the molecule is CCCNC(C)(CCN(CC)c1ccccc1)C(N)=O. The normalized spacial score (nSPS) is 13.8. The molecule has 4 nitrogen and oxygen atoms in total. The first-order valence-electron chi connectivity index (χ1n) is 7.38. The van der Waals surface area contributed by atoms with E-state index in [9.17, 15) is 4.79 Å². The fourth-order valence-electron chi connectivity index (χ4n) is 2.17. The monoisotopic (exact) mass is 277 g/mol. The standard InChI is InChI=1S/C16H27N3O/c1-4-12-18-16(3,15(17)20)11-13-19(5-2)14-9-7-6-8-10-14/h6-10,18H,4-5,11-13H2,1-3H3,(H2,17,20). The second-order valence-corrected chi connectivity index (χ2v) is 5.29. The van der Waals surface area contributed by atoms with Crippen molar-refractivity contribution in [2.75, 3.05) is 24.5 Å². The number of nitrogens with one attached hydrogen (secondary N) is 1. The van der Waals surface area contributed by atoms with Gasteiger partial charge in [0.25, 0.3) is 0 Å². The highest BCUT2D eigenvalue weighted by molar-refractivity contribution is 5.84. The minimum Gasteiger partial charge on any atom is -0.372 e. The van der Waals surface area contributed by atoms with Gasteiger partial charge in [0.15, 0.2) is 0 Å². The van der Waals surface area contributed by atoms with Gasteiger partial charge in [0.1, 0.15) is 0 Å². The van der Waals surface area contributed by atoms with E-state index in [0.29, 0.717) is 6.42 Å². The van der Waals surface area contributed by atoms with Gasteiger partial charge in [-0.1, -0.05) is 25.1 Å². The van der Waals surface area contributed by atoms with Gasteiger partial charge >= 0.3 is 0 Å². The Labute approximate surface area is 122 Å². The molecule has 1 amide bonds. The highest BCUT2D eigenvalue weighted by Gasteiger charge is 2.30. The summed E-state index contributed by atoms with van der Waals surface area (Å²) in [5.41, 5.74) is 6.10. The molecule has 1 unspecified atom stereocenters. The molecule has 0 spiro atoms. The molecular weight excluding hydrogens is 250 g/mol. The topological polar surface area (TPSA) is 58.4 Å². The van der Waals surface area contributed by atoms with Crippen LogP contribution in [-0.4, -0.2) is 31.1 Å². The summed E-state index contributed by atoms with van der Waals surface area (Å²) in [6.45, 7) is 8.61. The lowest BCUT2D eigenvalue weighted by atomic mass is 9.96. The summed E-state index contributed by atoms with van der Waals surface area (Å²) in [6, 6.07) is 10.2. The van der Waals surface area contributed by atoms with E-state index in [-0.39, 0.29) is 5.91 Å². The molecule has 3 N–H and O–H groups in total. The van der Waals surface area contributed by atoms with Crippen LogP contribution in [-0.2, 0) is 4.79 Å². The molecule has 1 aromatic rings. The highest BCUT2D eigenvalue weighted by Crippen LogP contribution is 2.17. The summed E-state index contributed by atoms with van der Waals surface area (Å²) in [7, 11) is 0. The summed E-state index contributed by atoms with van der Waals surface area (Å²) in [5.74, 6) is -0.282. The van der Waals surface area contributed by atoms with Crippen molar-refractivity contribution in [3.63, 3.8) is 0 Å². The van der Waals surface area contributed by atoms with Gasteiger partial charge in [-0.25, -0.2) is 0 Å². The van der Waals surface area contributed by atoms with Crippen molar-refractivity contribution >= 4 is 11.6 Å². The van der Waals surface area contributed by atoms with Gasteiger partial charge in [0.2, 0.25) is 5.91 Å². The van der Waals surface area contributed by atoms with Gasteiger partial charge in [-0.2, -0.15) is 0 Å². The molecule has 20 heavy (non-hydrogen) atoms. The van der Waals surface area contributed by atoms with E-state index in [1.165, 1.54) is 5.69 Å². The number of anilines is 1. The zero-order valence-electron chi connectivity index (χ0n) is 12.9. The second-order valence-electron chi connectivity index (χ2n) is 5.29. The molecule has 0 heterocycles. The van der Waals surface area contributed by atoms with Crippen LogP contribution in [0.4, 0.5) is 5.69 Å². The molecule has 1 rings (SSSR count). The van der Waals surface area contributed by atoms with Gasteiger partial charge in [0, 0.05) is 18.8 Å². The molecule has 1 aromatic carbocycles. The lowest BCUT2D eigenvalue weighted by Crippen LogP contribution is -2.54. The Morgan fingerprint density at radius 3 is 2.45 bits per heavy atom. The Hall–Kier alpha value is -1.55. The Morgan fingerprint density at radius 2 is 1.95 bits per heavy atom. The molecule has 0 bridgehead atoms. The van der Waals surface area contributed by atoms with Crippen LogP contribution in [0.15, 0.2) is 30.3 Å². The summed E-state index contributed by atoms with van der Waals surface area (Å²) in [5, 5.41) is 3.27. The van der Waals surface area contributed by atoms with Crippen LogP contribution in [0.1, 0.15) is 33.6 Å². The molecule has 0 aliphatic carbocycles. The van der Waals surface area contributed by atoms with E-state index >= 15 is 0 Å². The Morgan fingerprint density at radius 1 is 1.30 bits per heavy atom. The van der Waals surface area contributed by atoms with Gasteiger partial charge < -0.3 is 16.0 Å². The largest absolute Gasteiger partial charge is 0.372 e. The third-order valence-electron chi connectivity index (χ3n) is 3.69. The van der Waals surface area contributed by atoms with E-state index in [0.717, 1.165) is 26.1 Å². The van der Waals surface area contributed by atoms with E-state index in [4.69, 9.17) is 5.73 Å². The van der Waals surface area contributed by atoms with Crippen molar-refractivity contribution in [1.29, 1.82) is 0 Å². The van der Waals surface area contributed by atoms with Crippen LogP contribution >= 0.6 is 0 Å². The molecule has 0 aromatic heterocycles. The lowest BCUT2D eigenvalue weighted by Gasteiger charge is -2.31. The van der Waals surface area contributed by atoms with Crippen LogP contribution in [0.2, 0.25) is 0 Å². The number of nitrogens with two attached hydrogens (primary N) is 1. The molecular formula is C16H27N3O. The molecule has 1 atom stereocenters. The van der Waals surface area contributed by atoms with E-state index in [2.05, 4.69) is 36.2 Å². The van der Waals surface area contributed by atoms with Crippen molar-refractivity contribution in [2.24, 2.45) is 5.73 Å². The van der Waals surface area contributed by atoms with Crippen LogP contribution < -0.4 is 16.0 Å². The quantitative estimate of drug-likeness (QED) is 0.727. The van der Waals surface area contributed by atoms with Crippen LogP contribution in [0.5, 0.6) is 0 Å². The van der Waals surface area contributed by atoms with Gasteiger partial charge in [-0.05, 0) is 45.4 Å². The molecule has 0 fully saturated rings. The average Bonchev–Trinajstić information content (AvgIpc) is 2.46. The summed E-state index contributed by atoms with van der Waals surface area (Å²) >= 11 is 0. The number of rotatable bonds is 9. The number of para-hydroxylation sites is 1. The maximum Gasteiger partial charge on any atom is 0.237 e. The van der Waals surface area contributed by atoms with Gasteiger partial charge in [-0.15, -0.1) is 0 Å². The highest BCUT2D eigenvalue weighted by atomic mass is 16.1. The minimum atomic E-state index is -0.641. The fourth-order valence-corrected chi connectivity index (χ4v) is 2.17. The number of benzene rings is 1. The molecule has 0 aliphatic heterocycles. The van der Waals surface area contributed by atoms with Crippen LogP contribution in [0.3, 0.4) is 0 Å². The summed E-state index contributed by atoms with van der Waals surface area (Å²) in [4.78, 5) is 14.0. The van der Waals surface area contributed by atoms with Crippen molar-refractivity contribution in [2.45, 2.75) is 39.2 Å². The smallest absolute Gasteiger partial charge is 0.237 e. The number of carbonyl (C=O) groups is 1. The number of hydrogen-bond donors (Lipinski definition) is 2. The van der Waals surface area contributed by atoms with E-state index < -0.39 is 5.54 Å². The number of nitrogens with zero attached hydrogens (tertiary/aromatic N) is 1. The first kappa shape index (κ1) is 16.5. The van der Waals surface area contributed by atoms with E-state index in [1.807, 2.05) is 25.1 Å². The second kappa shape index (κ2) is 7.90. The van der Waals surface area contributed by atoms with Crippen molar-refractivity contribution in [3.05, 3.63) is 30.3 Å². The maximum absolute atomic E-state index is 11.7. The molecule has 0 saturated heterocycles. The van der Waals surface area contributed by atoms with Crippen LogP contribution in [0.25, 0.3) is 0 Å². The fraction of sp³-hybridized carbons (Fsp3) is 0.562. The molecule has 0 aliphatic rings. The first-order valence-corrected chi connectivity index (χ1v) is 7.38. The van der Waals surface area contributed by atoms with Gasteiger partial charge in [0.05, 0.1) is 5.54 Å². The summed E-state index contributed by atoms with van der Waals surface area (Å²) in [6.07, 6.45) is 1.68. The number of primary amides is 1. The zero-order chi connectivity index (χ0) is 15.0. The lowest BCUT2D eigenvalue weighted by molar-refractivity contribution is -0.124. The number of carbonyl (C=O) groups excluding carboxylic acids is 1. The van der Waals surface area contributed by atoms with Gasteiger partial charge in [-0.3, -0.25) is 4.79 Å². The van der Waals surface area contributed by atoms with Crippen molar-refractivity contribution < 1.29 is 4.79 Å². The molecule has 0 saturated carbocycles. The first-order chi connectivity index (χ1) is 9.53. The van der Waals surface area contributed by atoms with Crippen molar-refractivity contribution in [3.8, 4) is 0 Å². The predicted molar refractivity (Wildman–Crippen MR) is 84.8 cm³/mol. The Kier molecular flexibility index (Phi) is 6.52. The molecule has 0 radical (unpaired) electrons. The van der Waals surface area contributed by atoms with E-state index in [1.54, 1.807) is 0 Å². The van der Waals surface area contributed by atoms with Crippen molar-refractivity contribution in [1.82, 2.24) is 5.32 Å². The van der Waals surface area contributed by atoms with Crippen LogP contribution in [0, 0.1) is 0 Å². The Balaban J connectivity index is 2.68. The third kappa shape index (κ3) is 4.53. The molecule has 112 valence electrons. The maximum atomic E-state index is 11.7. The Bertz CT molecular complexity index is 407. The predicted octanol–water partition coefficient (Wildman–Crippen LogP) is 2.15. The number of amides is 1. The molecule has 4 heteroatoms. The third-order valence-corrected chi connectivity index (χ3v) is 3.69. The average molecular weight is 277 g/mol.